The van der Waals surface area contributed by atoms with Gasteiger partial charge in [-0.2, -0.15) is 10.1 Å². The number of carbonyl (C=O) groups excluding carboxylic acids is 2. The highest BCUT2D eigenvalue weighted by Crippen LogP contribution is 2.52. The Morgan fingerprint density at radius 2 is 1.78 bits per heavy atom. The number of ether oxygens (including phenoxy) is 1. The summed E-state index contributed by atoms with van der Waals surface area (Å²) in [5, 5.41) is 7.45. The van der Waals surface area contributed by atoms with Crippen LogP contribution < -0.4 is 4.74 Å². The molecule has 1 saturated heterocycles. The highest BCUT2D eigenvalue weighted by Gasteiger charge is 2.59. The van der Waals surface area contributed by atoms with Gasteiger partial charge in [0.25, 0.3) is 11.8 Å². The van der Waals surface area contributed by atoms with Crippen molar-refractivity contribution in [3.63, 3.8) is 0 Å². The Kier molecular flexibility index (Phi) is 3.64. The van der Waals surface area contributed by atoms with E-state index in [9.17, 15) is 9.59 Å². The molecule has 0 radical (unpaired) electrons. The van der Waals surface area contributed by atoms with Crippen molar-refractivity contribution in [1.29, 1.82) is 0 Å². The summed E-state index contributed by atoms with van der Waals surface area (Å²) in [6, 6.07) is 11.8. The zero-order valence-electron chi connectivity index (χ0n) is 15.0. The van der Waals surface area contributed by atoms with Crippen LogP contribution in [0.5, 0.6) is 5.75 Å². The van der Waals surface area contributed by atoms with Gasteiger partial charge in [-0.1, -0.05) is 42.5 Å². The lowest BCUT2D eigenvalue weighted by atomic mass is 9.85. The molecule has 4 atom stereocenters. The van der Waals surface area contributed by atoms with Crippen molar-refractivity contribution in [1.82, 2.24) is 5.01 Å². The van der Waals surface area contributed by atoms with Crippen LogP contribution in [0.4, 0.5) is 0 Å². The zero-order valence-corrected chi connectivity index (χ0v) is 15.0. The van der Waals surface area contributed by atoms with Gasteiger partial charge >= 0.3 is 0 Å². The van der Waals surface area contributed by atoms with E-state index in [1.165, 1.54) is 0 Å². The third-order valence-corrected chi connectivity index (χ3v) is 5.98. The fourth-order valence-electron chi connectivity index (χ4n) is 4.81. The number of allylic oxidation sites excluding steroid dienone is 2. The smallest absolute Gasteiger partial charge is 0.254 e. The lowest BCUT2D eigenvalue weighted by Crippen LogP contribution is -2.28. The third kappa shape index (κ3) is 2.34. The molecule has 1 aliphatic heterocycles. The minimum absolute atomic E-state index is 0.170. The largest absolute Gasteiger partial charge is 0.493 e. The number of rotatable bonds is 4. The number of hydrazone groups is 1. The molecule has 5 nitrogen and oxygen atoms in total. The topological polar surface area (TPSA) is 59.0 Å². The van der Waals surface area contributed by atoms with Crippen LogP contribution in [-0.4, -0.2) is 29.6 Å². The number of fused-ring (bicyclic) bond motifs is 6. The summed E-state index contributed by atoms with van der Waals surface area (Å²) >= 11 is 0. The summed E-state index contributed by atoms with van der Waals surface area (Å²) in [5.74, 6) is 0.266. The van der Waals surface area contributed by atoms with Gasteiger partial charge in [0, 0.05) is 5.56 Å². The van der Waals surface area contributed by atoms with Gasteiger partial charge in [-0.3, -0.25) is 9.59 Å². The lowest BCUT2D eigenvalue weighted by molar-refractivity contribution is -0.140. The standard InChI is InChI=1S/C22H20N2O3/c1-2-27-18-10-9-13-5-3-4-6-16(13)17(18)12-23-24-21(25)19-14-7-8-15(11-14)20(19)22(24)26/h3-10,12,14-15,19-20H,2,11H2,1H3/b23-12+. The first kappa shape index (κ1) is 16.2. The van der Waals surface area contributed by atoms with Crippen molar-refractivity contribution in [2.24, 2.45) is 28.8 Å². The van der Waals surface area contributed by atoms with Gasteiger partial charge in [0.1, 0.15) is 5.75 Å². The second kappa shape index (κ2) is 6.05. The van der Waals surface area contributed by atoms with Crippen molar-refractivity contribution in [2.75, 3.05) is 6.61 Å². The first-order valence-corrected chi connectivity index (χ1v) is 9.43. The molecule has 0 spiro atoms. The van der Waals surface area contributed by atoms with E-state index in [1.54, 1.807) is 6.21 Å². The van der Waals surface area contributed by atoms with Crippen LogP contribution in [0, 0.1) is 23.7 Å². The zero-order chi connectivity index (χ0) is 18.5. The summed E-state index contributed by atoms with van der Waals surface area (Å²) < 4.78 is 5.74. The van der Waals surface area contributed by atoms with Gasteiger partial charge in [-0.15, -0.1) is 0 Å². The monoisotopic (exact) mass is 360 g/mol. The number of hydrogen-bond donors (Lipinski definition) is 0. The van der Waals surface area contributed by atoms with E-state index >= 15 is 0 Å². The molecule has 3 aliphatic rings. The SMILES string of the molecule is CCOc1ccc2ccccc2c1/C=N/N1C(=O)C2C3C=CC(C3)C2C1=O. The number of amides is 2. The number of hydrogen-bond acceptors (Lipinski definition) is 4. The molecular weight excluding hydrogens is 340 g/mol. The molecule has 27 heavy (non-hydrogen) atoms. The van der Waals surface area contributed by atoms with Crippen molar-refractivity contribution in [3.8, 4) is 5.75 Å². The summed E-state index contributed by atoms with van der Waals surface area (Å²) in [4.78, 5) is 25.6. The molecule has 136 valence electrons. The molecule has 0 aromatic heterocycles. The second-order valence-electron chi connectivity index (χ2n) is 7.36. The van der Waals surface area contributed by atoms with Crippen molar-refractivity contribution < 1.29 is 14.3 Å². The molecule has 2 aliphatic carbocycles. The molecule has 2 aromatic rings. The van der Waals surface area contributed by atoms with Crippen LogP contribution in [0.15, 0.2) is 53.7 Å². The fourth-order valence-corrected chi connectivity index (χ4v) is 4.81. The average molecular weight is 360 g/mol. The molecule has 5 rings (SSSR count). The quantitative estimate of drug-likeness (QED) is 0.477. The van der Waals surface area contributed by atoms with Crippen LogP contribution >= 0.6 is 0 Å². The Morgan fingerprint density at radius 3 is 2.48 bits per heavy atom. The van der Waals surface area contributed by atoms with E-state index in [0.717, 1.165) is 27.8 Å². The first-order chi connectivity index (χ1) is 13.2. The predicted octanol–water partition coefficient (Wildman–Crippen LogP) is 3.38. The maximum absolute atomic E-state index is 12.8. The molecule has 1 saturated carbocycles. The summed E-state index contributed by atoms with van der Waals surface area (Å²) in [5.41, 5.74) is 0.786. The fraction of sp³-hybridized carbons (Fsp3) is 0.318. The van der Waals surface area contributed by atoms with Gasteiger partial charge in [0.05, 0.1) is 24.7 Å². The maximum Gasteiger partial charge on any atom is 0.254 e. The highest BCUT2D eigenvalue weighted by molar-refractivity contribution is 6.08. The number of benzene rings is 2. The third-order valence-electron chi connectivity index (χ3n) is 5.98. The summed E-state index contributed by atoms with van der Waals surface area (Å²) in [6.07, 6.45) is 6.69. The number of nitrogens with zero attached hydrogens (tertiary/aromatic N) is 2. The number of imide groups is 1. The van der Waals surface area contributed by atoms with Gasteiger partial charge in [0.15, 0.2) is 0 Å². The summed E-state index contributed by atoms with van der Waals surface area (Å²) in [6.45, 7) is 2.45. The van der Waals surface area contributed by atoms with Crippen molar-refractivity contribution in [2.45, 2.75) is 13.3 Å². The molecule has 0 N–H and O–H groups in total. The van der Waals surface area contributed by atoms with Crippen LogP contribution in [0.1, 0.15) is 18.9 Å². The lowest BCUT2D eigenvalue weighted by Gasteiger charge is -2.13. The molecule has 1 heterocycles. The Balaban J connectivity index is 1.52. The van der Waals surface area contributed by atoms with Crippen LogP contribution in [0.2, 0.25) is 0 Å². The normalized spacial score (nSPS) is 28.7. The minimum atomic E-state index is -0.233. The first-order valence-electron chi connectivity index (χ1n) is 9.43. The second-order valence-corrected chi connectivity index (χ2v) is 7.36. The molecule has 2 aromatic carbocycles. The van der Waals surface area contributed by atoms with Gasteiger partial charge in [-0.25, -0.2) is 0 Å². The summed E-state index contributed by atoms with van der Waals surface area (Å²) in [7, 11) is 0. The van der Waals surface area contributed by atoms with E-state index in [4.69, 9.17) is 4.74 Å². The Hall–Kier alpha value is -2.95. The predicted molar refractivity (Wildman–Crippen MR) is 102 cm³/mol. The van der Waals surface area contributed by atoms with Crippen LogP contribution in [-0.2, 0) is 9.59 Å². The highest BCUT2D eigenvalue weighted by atomic mass is 16.5. The molecule has 5 heteroatoms. The minimum Gasteiger partial charge on any atom is -0.493 e. The van der Waals surface area contributed by atoms with E-state index < -0.39 is 0 Å². The van der Waals surface area contributed by atoms with Crippen molar-refractivity contribution in [3.05, 3.63) is 54.1 Å². The Bertz CT molecular complexity index is 980. The van der Waals surface area contributed by atoms with Crippen molar-refractivity contribution >= 4 is 28.8 Å². The molecule has 4 unspecified atom stereocenters. The Labute approximate surface area is 157 Å². The Morgan fingerprint density at radius 1 is 1.07 bits per heavy atom. The molecule has 2 fully saturated rings. The van der Waals surface area contributed by atoms with E-state index in [-0.39, 0.29) is 35.5 Å². The molecule has 2 amide bonds. The molecular formula is C22H20N2O3. The number of carbonyl (C=O) groups is 2. The van der Waals surface area contributed by atoms with Crippen LogP contribution in [0.25, 0.3) is 10.8 Å². The average Bonchev–Trinajstić information content (AvgIpc) is 3.36. The molecule has 2 bridgehead atoms. The van der Waals surface area contributed by atoms with Crippen LogP contribution in [0.3, 0.4) is 0 Å². The van der Waals surface area contributed by atoms with E-state index in [0.29, 0.717) is 12.4 Å². The van der Waals surface area contributed by atoms with E-state index in [1.807, 2.05) is 43.3 Å². The van der Waals surface area contributed by atoms with Gasteiger partial charge < -0.3 is 4.74 Å². The van der Waals surface area contributed by atoms with E-state index in [2.05, 4.69) is 17.3 Å². The maximum atomic E-state index is 12.8. The van der Waals surface area contributed by atoms with Gasteiger partial charge in [-0.05, 0) is 42.0 Å². The van der Waals surface area contributed by atoms with Gasteiger partial charge in [0.2, 0.25) is 0 Å².